The van der Waals surface area contributed by atoms with Gasteiger partial charge in [-0.3, -0.25) is 9.97 Å². The van der Waals surface area contributed by atoms with Crippen LogP contribution in [0.4, 0.5) is 0 Å². The Bertz CT molecular complexity index is 228. The zero-order valence-electron chi connectivity index (χ0n) is 5.28. The molecule has 0 bridgehead atoms. The first-order valence-electron chi connectivity index (χ1n) is 3.00. The molecule has 4 heteroatoms. The lowest BCUT2D eigenvalue weighted by atomic mass is 10.4. The Kier molecular flexibility index (Phi) is 1.35. The summed E-state index contributed by atoms with van der Waals surface area (Å²) < 4.78 is 10.9. The minimum absolute atomic E-state index is 0.586. The zero-order chi connectivity index (χ0) is 6.97. The van der Waals surface area contributed by atoms with Crippen LogP contribution in [-0.4, -0.2) is 14.5 Å². The molecule has 1 aliphatic rings. The van der Waals surface area contributed by atoms with E-state index in [0.717, 1.165) is 11.4 Å². The standard InChI is InChI=1S/C6H6N2OS/c9-10-3-5-6(4-10)8-2-1-7-5/h1-2H,3-4H2. The van der Waals surface area contributed by atoms with E-state index in [1.165, 1.54) is 0 Å². The van der Waals surface area contributed by atoms with Gasteiger partial charge in [-0.15, -0.1) is 0 Å². The highest BCUT2D eigenvalue weighted by atomic mass is 32.2. The van der Waals surface area contributed by atoms with Crippen LogP contribution in [-0.2, 0) is 22.7 Å². The highest BCUT2D eigenvalue weighted by molar-refractivity contribution is 7.90. The Balaban J connectivity index is 2.42. The number of rotatable bonds is 0. The molecule has 0 amide bonds. The molecule has 0 unspecified atom stereocenters. The summed E-state index contributed by atoms with van der Waals surface area (Å²) in [5, 5.41) is 0. The van der Waals surface area contributed by atoms with Crippen molar-refractivity contribution in [1.82, 2.24) is 9.97 Å². The minimum atomic E-state index is -0.744. The third kappa shape index (κ3) is 0.892. The van der Waals surface area contributed by atoms with Gasteiger partial charge in [0.2, 0.25) is 0 Å². The Labute approximate surface area is 61.7 Å². The summed E-state index contributed by atoms with van der Waals surface area (Å²) in [7, 11) is 0. The van der Waals surface area contributed by atoms with Crippen LogP contribution in [0.2, 0.25) is 0 Å². The van der Waals surface area contributed by atoms with E-state index in [0.29, 0.717) is 11.5 Å². The molecule has 0 atom stereocenters. The van der Waals surface area contributed by atoms with Gasteiger partial charge in [-0.2, -0.15) is 0 Å². The average molecular weight is 154 g/mol. The van der Waals surface area contributed by atoms with E-state index in [1.54, 1.807) is 12.4 Å². The number of aromatic nitrogens is 2. The SMILES string of the molecule is [O-][S+]1Cc2nccnc2C1. The quantitative estimate of drug-likeness (QED) is 0.503. The fourth-order valence-corrected chi connectivity index (χ4v) is 2.19. The van der Waals surface area contributed by atoms with Crippen molar-refractivity contribution in [2.45, 2.75) is 11.5 Å². The zero-order valence-corrected chi connectivity index (χ0v) is 6.10. The van der Waals surface area contributed by atoms with Crippen molar-refractivity contribution < 1.29 is 4.55 Å². The van der Waals surface area contributed by atoms with Gasteiger partial charge in [0.25, 0.3) is 0 Å². The first kappa shape index (κ1) is 6.12. The molecule has 0 N–H and O–H groups in total. The van der Waals surface area contributed by atoms with E-state index >= 15 is 0 Å². The van der Waals surface area contributed by atoms with Gasteiger partial charge in [-0.25, -0.2) is 0 Å². The molecule has 0 aliphatic carbocycles. The molecule has 2 heterocycles. The summed E-state index contributed by atoms with van der Waals surface area (Å²) >= 11 is -0.744. The number of hydrogen-bond acceptors (Lipinski definition) is 3. The lowest BCUT2D eigenvalue weighted by Gasteiger charge is -1.96. The van der Waals surface area contributed by atoms with E-state index in [2.05, 4.69) is 9.97 Å². The van der Waals surface area contributed by atoms with Gasteiger partial charge < -0.3 is 4.55 Å². The van der Waals surface area contributed by atoms with Crippen molar-refractivity contribution in [1.29, 1.82) is 0 Å². The third-order valence-corrected chi connectivity index (χ3v) is 2.65. The molecule has 0 fully saturated rings. The summed E-state index contributed by atoms with van der Waals surface area (Å²) in [5.74, 6) is 1.17. The van der Waals surface area contributed by atoms with Crippen molar-refractivity contribution in [2.75, 3.05) is 0 Å². The van der Waals surface area contributed by atoms with E-state index < -0.39 is 11.2 Å². The molecule has 1 aromatic rings. The lowest BCUT2D eigenvalue weighted by Crippen LogP contribution is -1.96. The molecule has 2 rings (SSSR count). The van der Waals surface area contributed by atoms with Crippen molar-refractivity contribution in [3.63, 3.8) is 0 Å². The molecule has 1 aliphatic heterocycles. The molecular formula is C6H6N2OS. The summed E-state index contributed by atoms with van der Waals surface area (Å²) in [6.45, 7) is 0. The second-order valence-corrected chi connectivity index (χ2v) is 3.64. The molecule has 0 radical (unpaired) electrons. The fourth-order valence-electron chi connectivity index (χ4n) is 0.993. The summed E-state index contributed by atoms with van der Waals surface area (Å²) in [6.07, 6.45) is 3.28. The Morgan fingerprint density at radius 2 is 1.70 bits per heavy atom. The molecule has 1 aromatic heterocycles. The number of nitrogens with zero attached hydrogens (tertiary/aromatic N) is 2. The molecular weight excluding hydrogens is 148 g/mol. The monoisotopic (exact) mass is 154 g/mol. The van der Waals surface area contributed by atoms with Crippen LogP contribution in [0.1, 0.15) is 11.4 Å². The molecule has 0 aromatic carbocycles. The maximum Gasteiger partial charge on any atom is 0.149 e. The highest BCUT2D eigenvalue weighted by Gasteiger charge is 2.23. The highest BCUT2D eigenvalue weighted by Crippen LogP contribution is 2.19. The maximum absolute atomic E-state index is 10.9. The van der Waals surface area contributed by atoms with Crippen molar-refractivity contribution in [3.8, 4) is 0 Å². The second-order valence-electron chi connectivity index (χ2n) is 2.18. The topological polar surface area (TPSA) is 48.8 Å². The van der Waals surface area contributed by atoms with Gasteiger partial charge in [0.05, 0.1) is 0 Å². The molecule has 0 spiro atoms. The van der Waals surface area contributed by atoms with Crippen LogP contribution in [0.25, 0.3) is 0 Å². The van der Waals surface area contributed by atoms with Gasteiger partial charge in [-0.1, -0.05) is 0 Å². The molecule has 10 heavy (non-hydrogen) atoms. The average Bonchev–Trinajstić information content (AvgIpc) is 2.27. The van der Waals surface area contributed by atoms with E-state index in [-0.39, 0.29) is 0 Å². The van der Waals surface area contributed by atoms with Crippen molar-refractivity contribution >= 4 is 11.2 Å². The predicted molar refractivity (Wildman–Crippen MR) is 37.6 cm³/mol. The predicted octanol–water partition coefficient (Wildman–Crippen LogP) is 0.239. The normalized spacial score (nSPS) is 17.3. The van der Waals surface area contributed by atoms with Gasteiger partial charge in [0.1, 0.15) is 22.9 Å². The molecule has 52 valence electrons. The molecule has 0 saturated heterocycles. The van der Waals surface area contributed by atoms with Crippen LogP contribution in [0.3, 0.4) is 0 Å². The maximum atomic E-state index is 10.9. The number of hydrogen-bond donors (Lipinski definition) is 0. The first-order valence-corrected chi connectivity index (χ1v) is 4.49. The van der Waals surface area contributed by atoms with Crippen molar-refractivity contribution in [2.24, 2.45) is 0 Å². The first-order chi connectivity index (χ1) is 4.86. The number of fused-ring (bicyclic) bond motifs is 1. The van der Waals surface area contributed by atoms with Gasteiger partial charge in [0, 0.05) is 12.4 Å². The largest absolute Gasteiger partial charge is 0.616 e. The lowest BCUT2D eigenvalue weighted by molar-refractivity contribution is 0.596. The molecule has 3 nitrogen and oxygen atoms in total. The smallest absolute Gasteiger partial charge is 0.149 e. The van der Waals surface area contributed by atoms with E-state index in [4.69, 9.17) is 0 Å². The van der Waals surface area contributed by atoms with Gasteiger partial charge in [-0.05, 0) is 11.2 Å². The van der Waals surface area contributed by atoms with Crippen molar-refractivity contribution in [3.05, 3.63) is 23.8 Å². The summed E-state index contributed by atoms with van der Waals surface area (Å²) in [5.41, 5.74) is 1.81. The third-order valence-electron chi connectivity index (χ3n) is 1.46. The van der Waals surface area contributed by atoms with Crippen LogP contribution >= 0.6 is 0 Å². The second kappa shape index (κ2) is 2.21. The Morgan fingerprint density at radius 1 is 1.20 bits per heavy atom. The fraction of sp³-hybridized carbons (Fsp3) is 0.333. The van der Waals surface area contributed by atoms with Crippen LogP contribution < -0.4 is 0 Å². The summed E-state index contributed by atoms with van der Waals surface area (Å²) in [6, 6.07) is 0. The van der Waals surface area contributed by atoms with Crippen LogP contribution in [0.15, 0.2) is 12.4 Å². The van der Waals surface area contributed by atoms with Gasteiger partial charge in [0.15, 0.2) is 0 Å². The Hall–Kier alpha value is -0.610. The summed E-state index contributed by atoms with van der Waals surface area (Å²) in [4.78, 5) is 8.11. The van der Waals surface area contributed by atoms with Crippen LogP contribution in [0, 0.1) is 0 Å². The van der Waals surface area contributed by atoms with Crippen LogP contribution in [0.5, 0.6) is 0 Å². The van der Waals surface area contributed by atoms with E-state index in [1.807, 2.05) is 0 Å². The van der Waals surface area contributed by atoms with E-state index in [9.17, 15) is 4.55 Å². The van der Waals surface area contributed by atoms with Gasteiger partial charge >= 0.3 is 0 Å². The Morgan fingerprint density at radius 3 is 2.20 bits per heavy atom. The molecule has 0 saturated carbocycles. The minimum Gasteiger partial charge on any atom is -0.616 e.